The van der Waals surface area contributed by atoms with Crippen LogP contribution >= 0.6 is 0 Å². The predicted molar refractivity (Wildman–Crippen MR) is 119 cm³/mol. The minimum atomic E-state index is -0.102. The molecule has 2 heterocycles. The number of likely N-dealkylation sites (tertiary alicyclic amines) is 1. The molecule has 1 fully saturated rings. The molecule has 0 radical (unpaired) electrons. The zero-order valence-electron chi connectivity index (χ0n) is 18.2. The van der Waals surface area contributed by atoms with E-state index in [4.69, 9.17) is 9.26 Å². The molecule has 0 bridgehead atoms. The molecule has 3 aromatic rings. The molecule has 162 valence electrons. The molecule has 1 aromatic heterocycles. The van der Waals surface area contributed by atoms with E-state index in [0.29, 0.717) is 30.7 Å². The van der Waals surface area contributed by atoms with E-state index in [2.05, 4.69) is 41.4 Å². The van der Waals surface area contributed by atoms with Crippen LogP contribution in [-0.2, 0) is 0 Å². The molecule has 2 aromatic carbocycles. The Balaban J connectivity index is 1.41. The fourth-order valence-electron chi connectivity index (χ4n) is 3.80. The first kappa shape index (κ1) is 20.9. The molecule has 0 aliphatic carbocycles. The number of nitrogens with zero attached hydrogens (tertiary/aromatic N) is 3. The van der Waals surface area contributed by atoms with Gasteiger partial charge in [-0.25, -0.2) is 4.79 Å². The number of anilines is 1. The zero-order chi connectivity index (χ0) is 21.8. The molecule has 31 heavy (non-hydrogen) atoms. The maximum absolute atomic E-state index is 12.8. The summed E-state index contributed by atoms with van der Waals surface area (Å²) in [5, 5.41) is 7.14. The third kappa shape index (κ3) is 4.87. The number of methoxy groups -OCH3 is 1. The van der Waals surface area contributed by atoms with Crippen molar-refractivity contribution in [1.82, 2.24) is 15.0 Å². The second-order valence-corrected chi connectivity index (χ2v) is 8.18. The van der Waals surface area contributed by atoms with Gasteiger partial charge in [-0.15, -0.1) is 0 Å². The number of benzene rings is 2. The van der Waals surface area contributed by atoms with Crippen LogP contribution in [0, 0.1) is 0 Å². The fraction of sp³-hybridized carbons (Fsp3) is 0.375. The first-order valence-electron chi connectivity index (χ1n) is 10.7. The van der Waals surface area contributed by atoms with E-state index < -0.39 is 0 Å². The van der Waals surface area contributed by atoms with E-state index in [9.17, 15) is 4.79 Å². The highest BCUT2D eigenvalue weighted by atomic mass is 16.5. The lowest BCUT2D eigenvalue weighted by Crippen LogP contribution is -2.41. The minimum Gasteiger partial charge on any atom is -0.497 e. The van der Waals surface area contributed by atoms with Crippen molar-refractivity contribution in [3.05, 3.63) is 60.0 Å². The predicted octanol–water partition coefficient (Wildman–Crippen LogP) is 5.28. The lowest BCUT2D eigenvalue weighted by Gasteiger charge is -2.31. The van der Waals surface area contributed by atoms with E-state index in [1.165, 1.54) is 5.56 Å². The van der Waals surface area contributed by atoms with Crippen LogP contribution < -0.4 is 10.1 Å². The topological polar surface area (TPSA) is 80.5 Å². The molecule has 4 rings (SSSR count). The normalized spacial score (nSPS) is 16.4. The van der Waals surface area contributed by atoms with Crippen molar-refractivity contribution in [3.63, 3.8) is 0 Å². The molecule has 0 saturated carbocycles. The Kier molecular flexibility index (Phi) is 6.21. The molecular weight excluding hydrogens is 392 g/mol. The Bertz CT molecular complexity index is 1030. The number of aromatic nitrogens is 2. The lowest BCUT2D eigenvalue weighted by atomic mass is 9.98. The summed E-state index contributed by atoms with van der Waals surface area (Å²) in [6, 6.07) is 15.5. The number of hydrogen-bond donors (Lipinski definition) is 1. The monoisotopic (exact) mass is 420 g/mol. The lowest BCUT2D eigenvalue weighted by molar-refractivity contribution is 0.184. The Hall–Kier alpha value is -3.35. The van der Waals surface area contributed by atoms with Gasteiger partial charge >= 0.3 is 6.03 Å². The number of rotatable bonds is 5. The second kappa shape index (κ2) is 9.20. The third-order valence-electron chi connectivity index (χ3n) is 5.66. The quantitative estimate of drug-likeness (QED) is 0.607. The summed E-state index contributed by atoms with van der Waals surface area (Å²) >= 11 is 0. The zero-order valence-corrected chi connectivity index (χ0v) is 18.2. The number of carbonyl (C=O) groups is 1. The highest BCUT2D eigenvalue weighted by Crippen LogP contribution is 2.29. The summed E-state index contributed by atoms with van der Waals surface area (Å²) in [7, 11) is 1.63. The van der Waals surface area contributed by atoms with E-state index in [1.54, 1.807) is 7.11 Å². The van der Waals surface area contributed by atoms with Crippen LogP contribution in [0.4, 0.5) is 10.5 Å². The van der Waals surface area contributed by atoms with Gasteiger partial charge in [-0.1, -0.05) is 43.3 Å². The van der Waals surface area contributed by atoms with Crippen molar-refractivity contribution >= 4 is 11.7 Å². The van der Waals surface area contributed by atoms with Crippen molar-refractivity contribution in [1.29, 1.82) is 0 Å². The van der Waals surface area contributed by atoms with Crippen LogP contribution in [-0.4, -0.2) is 41.3 Å². The van der Waals surface area contributed by atoms with Gasteiger partial charge in [0.25, 0.3) is 0 Å². The minimum absolute atomic E-state index is 0.0228. The maximum atomic E-state index is 12.8. The molecule has 1 saturated heterocycles. The molecular formula is C24H28N4O3. The maximum Gasteiger partial charge on any atom is 0.321 e. The molecule has 0 unspecified atom stereocenters. The Morgan fingerprint density at radius 2 is 2.03 bits per heavy atom. The van der Waals surface area contributed by atoms with Gasteiger partial charge in [-0.3, -0.25) is 0 Å². The summed E-state index contributed by atoms with van der Waals surface area (Å²) in [6.45, 7) is 5.57. The molecule has 1 aliphatic heterocycles. The molecule has 1 N–H and O–H groups in total. The highest BCUT2D eigenvalue weighted by Gasteiger charge is 2.29. The standard InChI is InChI=1S/C24H28N4O3/c1-16(2)17-9-11-20(12-10-17)25-24(29)28-13-5-7-19(15-28)23-26-22(27-31-23)18-6-4-8-21(14-18)30-3/h4,6,8-12,14,16,19H,5,7,13,15H2,1-3H3,(H,25,29)/t19-/m0/s1. The summed E-state index contributed by atoms with van der Waals surface area (Å²) in [5.74, 6) is 2.32. The van der Waals surface area contributed by atoms with Gasteiger partial charge in [-0.05, 0) is 48.6 Å². The van der Waals surface area contributed by atoms with Crippen molar-refractivity contribution in [3.8, 4) is 17.1 Å². The van der Waals surface area contributed by atoms with Crippen LogP contribution in [0.2, 0.25) is 0 Å². The van der Waals surface area contributed by atoms with Gasteiger partial charge in [0.05, 0.1) is 13.0 Å². The van der Waals surface area contributed by atoms with Crippen LogP contribution in [0.15, 0.2) is 53.1 Å². The number of piperidine rings is 1. The second-order valence-electron chi connectivity index (χ2n) is 8.18. The highest BCUT2D eigenvalue weighted by molar-refractivity contribution is 5.89. The molecule has 1 atom stereocenters. The van der Waals surface area contributed by atoms with Crippen LogP contribution in [0.25, 0.3) is 11.4 Å². The number of urea groups is 1. The molecule has 0 spiro atoms. The number of nitrogens with one attached hydrogen (secondary N) is 1. The van der Waals surface area contributed by atoms with Gasteiger partial charge < -0.3 is 19.5 Å². The van der Waals surface area contributed by atoms with Crippen LogP contribution in [0.5, 0.6) is 5.75 Å². The Morgan fingerprint density at radius 1 is 1.23 bits per heavy atom. The first-order chi connectivity index (χ1) is 15.0. The SMILES string of the molecule is COc1cccc(-c2noc([C@H]3CCCN(C(=O)Nc4ccc(C(C)C)cc4)C3)n2)c1. The fourth-order valence-corrected chi connectivity index (χ4v) is 3.80. The summed E-state index contributed by atoms with van der Waals surface area (Å²) in [5.41, 5.74) is 2.89. The third-order valence-corrected chi connectivity index (χ3v) is 5.66. The van der Waals surface area contributed by atoms with E-state index in [0.717, 1.165) is 29.8 Å². The average molecular weight is 421 g/mol. The van der Waals surface area contributed by atoms with Crippen molar-refractivity contribution in [2.75, 3.05) is 25.5 Å². The molecule has 1 aliphatic rings. The molecule has 2 amide bonds. The number of carbonyl (C=O) groups excluding carboxylic acids is 1. The smallest absolute Gasteiger partial charge is 0.321 e. The first-order valence-corrected chi connectivity index (χ1v) is 10.7. The van der Waals surface area contributed by atoms with Crippen LogP contribution in [0.3, 0.4) is 0 Å². The largest absolute Gasteiger partial charge is 0.497 e. The van der Waals surface area contributed by atoms with Crippen molar-refractivity contribution in [2.24, 2.45) is 0 Å². The number of hydrogen-bond acceptors (Lipinski definition) is 5. The summed E-state index contributed by atoms with van der Waals surface area (Å²) < 4.78 is 10.8. The van der Waals surface area contributed by atoms with Gasteiger partial charge in [0.1, 0.15) is 5.75 Å². The van der Waals surface area contributed by atoms with E-state index >= 15 is 0 Å². The van der Waals surface area contributed by atoms with Crippen LogP contribution in [0.1, 0.15) is 50.0 Å². The van der Waals surface area contributed by atoms with Crippen molar-refractivity contribution in [2.45, 2.75) is 38.5 Å². The molecule has 7 heteroatoms. The average Bonchev–Trinajstić information content (AvgIpc) is 3.30. The molecule has 7 nitrogen and oxygen atoms in total. The number of ether oxygens (including phenoxy) is 1. The van der Waals surface area contributed by atoms with E-state index in [1.807, 2.05) is 41.3 Å². The Labute approximate surface area is 182 Å². The Morgan fingerprint density at radius 3 is 2.77 bits per heavy atom. The summed E-state index contributed by atoms with van der Waals surface area (Å²) in [6.07, 6.45) is 1.80. The van der Waals surface area contributed by atoms with Gasteiger partial charge in [0.15, 0.2) is 0 Å². The number of amides is 2. The van der Waals surface area contributed by atoms with Gasteiger partial charge in [-0.2, -0.15) is 4.98 Å². The van der Waals surface area contributed by atoms with E-state index in [-0.39, 0.29) is 11.9 Å². The van der Waals surface area contributed by atoms with Gasteiger partial charge in [0.2, 0.25) is 11.7 Å². The van der Waals surface area contributed by atoms with Gasteiger partial charge in [0, 0.05) is 24.3 Å². The van der Waals surface area contributed by atoms with Crippen molar-refractivity contribution < 1.29 is 14.1 Å². The summed E-state index contributed by atoms with van der Waals surface area (Å²) in [4.78, 5) is 19.2.